The van der Waals surface area contributed by atoms with E-state index in [1.165, 1.54) is 32.8 Å². The third-order valence-electron chi connectivity index (χ3n) is 7.11. The molecule has 0 radical (unpaired) electrons. The van der Waals surface area contributed by atoms with E-state index in [1.807, 2.05) is 26.8 Å². The van der Waals surface area contributed by atoms with Gasteiger partial charge < -0.3 is 14.6 Å². The highest BCUT2D eigenvalue weighted by Gasteiger charge is 2.19. The van der Waals surface area contributed by atoms with Gasteiger partial charge in [0.1, 0.15) is 18.1 Å². The monoisotopic (exact) mass is 594 g/mol. The molecule has 0 unspecified atom stereocenters. The maximum absolute atomic E-state index is 12.3. The summed E-state index contributed by atoms with van der Waals surface area (Å²) in [6.07, 6.45) is 26.2. The minimum Gasteiger partial charge on any atom is -0.507 e. The van der Waals surface area contributed by atoms with Gasteiger partial charge in [-0.3, -0.25) is 14.4 Å². The summed E-state index contributed by atoms with van der Waals surface area (Å²) in [4.78, 5) is 36.2. The van der Waals surface area contributed by atoms with Gasteiger partial charge in [0.25, 0.3) is 0 Å². The second-order valence-corrected chi connectivity index (χ2v) is 11.4. The number of phenolic OH excluding ortho intramolecular Hbond substituents is 1. The maximum Gasteiger partial charge on any atom is 0.306 e. The zero-order valence-corrected chi connectivity index (χ0v) is 27.2. The molecule has 6 heteroatoms. The molecule has 6 nitrogen and oxygen atoms in total. The third kappa shape index (κ3) is 16.7. The Morgan fingerprint density at radius 2 is 1.56 bits per heavy atom. The van der Waals surface area contributed by atoms with Crippen LogP contribution in [0.25, 0.3) is 0 Å². The van der Waals surface area contributed by atoms with Crippen LogP contribution in [0.2, 0.25) is 0 Å². The Bertz CT molecular complexity index is 1120. The van der Waals surface area contributed by atoms with Crippen molar-refractivity contribution in [3.63, 3.8) is 0 Å². The van der Waals surface area contributed by atoms with Crippen LogP contribution in [0.4, 0.5) is 0 Å². The van der Waals surface area contributed by atoms with Crippen molar-refractivity contribution in [3.05, 3.63) is 70.4 Å². The fourth-order valence-corrected chi connectivity index (χ4v) is 4.69. The number of unbranched alkanes of at least 4 members (excludes halogenated alkanes) is 8. The number of hydrogen-bond donors (Lipinski definition) is 1. The third-order valence-corrected chi connectivity index (χ3v) is 7.11. The molecule has 43 heavy (non-hydrogen) atoms. The standard InChI is InChI=1S/C37H54O6/c1-6-7-8-9-10-11-12-13-14-15-16-17-18-19-20-21-36(40)43-28-31-26-35(42-5)33(37(41)34(31)27-38)23-22-30(4)25-32(39)24-29(2)3/h10-11,13-14,22,24,26-27,41H,6-9,12,15-21,23,25,28H2,1-5H3/b11-10+,14-13+,30-22+. The van der Waals surface area contributed by atoms with Crippen LogP contribution in [0.15, 0.2) is 53.7 Å². The molecule has 0 aliphatic heterocycles. The number of aromatic hydroxyl groups is 1. The molecule has 1 rings (SSSR count). The van der Waals surface area contributed by atoms with Crippen molar-refractivity contribution in [1.29, 1.82) is 0 Å². The molecule has 0 fully saturated rings. The Morgan fingerprint density at radius 1 is 0.907 bits per heavy atom. The van der Waals surface area contributed by atoms with Crippen molar-refractivity contribution in [3.8, 4) is 11.5 Å². The van der Waals surface area contributed by atoms with Crippen LogP contribution in [0.3, 0.4) is 0 Å². The average molecular weight is 595 g/mol. The first-order chi connectivity index (χ1) is 20.7. The van der Waals surface area contributed by atoms with Crippen LogP contribution < -0.4 is 4.74 Å². The summed E-state index contributed by atoms with van der Waals surface area (Å²) in [6.45, 7) is 7.70. The van der Waals surface area contributed by atoms with Crippen LogP contribution in [0.1, 0.15) is 133 Å². The predicted molar refractivity (Wildman–Crippen MR) is 176 cm³/mol. The van der Waals surface area contributed by atoms with E-state index in [-0.39, 0.29) is 42.5 Å². The van der Waals surface area contributed by atoms with Crippen molar-refractivity contribution in [2.24, 2.45) is 0 Å². The molecule has 0 aliphatic carbocycles. The highest BCUT2D eigenvalue weighted by Crippen LogP contribution is 2.35. The number of rotatable bonds is 23. The van der Waals surface area contributed by atoms with Gasteiger partial charge in [-0.25, -0.2) is 0 Å². The maximum atomic E-state index is 12.3. The second kappa shape index (κ2) is 23.1. The largest absolute Gasteiger partial charge is 0.507 e. The van der Waals surface area contributed by atoms with Gasteiger partial charge in [-0.1, -0.05) is 80.6 Å². The van der Waals surface area contributed by atoms with E-state index in [1.54, 1.807) is 12.1 Å². The highest BCUT2D eigenvalue weighted by molar-refractivity contribution is 5.91. The van der Waals surface area contributed by atoms with Gasteiger partial charge in [-0.05, 0) is 77.9 Å². The molecule has 1 aromatic rings. The number of carbonyl (C=O) groups is 3. The normalized spacial score (nSPS) is 11.7. The molecule has 0 bridgehead atoms. The zero-order chi connectivity index (χ0) is 31.9. The van der Waals surface area contributed by atoms with Crippen LogP contribution in [0.5, 0.6) is 11.5 Å². The molecular formula is C37H54O6. The minimum atomic E-state index is -0.329. The molecule has 0 aliphatic rings. The average Bonchev–Trinajstić information content (AvgIpc) is 2.96. The summed E-state index contributed by atoms with van der Waals surface area (Å²) < 4.78 is 10.9. The molecule has 0 spiro atoms. The van der Waals surface area contributed by atoms with Crippen molar-refractivity contribution in [2.75, 3.05) is 7.11 Å². The summed E-state index contributed by atoms with van der Waals surface area (Å²) >= 11 is 0. The number of hydrogen-bond acceptors (Lipinski definition) is 6. The molecule has 0 saturated heterocycles. The van der Waals surface area contributed by atoms with Crippen LogP contribution in [-0.4, -0.2) is 30.3 Å². The van der Waals surface area contributed by atoms with E-state index >= 15 is 0 Å². The lowest BCUT2D eigenvalue weighted by Crippen LogP contribution is -2.07. The van der Waals surface area contributed by atoms with E-state index in [2.05, 4.69) is 31.2 Å². The van der Waals surface area contributed by atoms with E-state index in [4.69, 9.17) is 9.47 Å². The number of ether oxygens (including phenoxy) is 2. The first kappa shape index (κ1) is 37.6. The topological polar surface area (TPSA) is 89.9 Å². The first-order valence-electron chi connectivity index (χ1n) is 15.9. The fraction of sp³-hybridized carbons (Fsp3) is 0.541. The Kier molecular flexibility index (Phi) is 20.2. The summed E-state index contributed by atoms with van der Waals surface area (Å²) in [5.74, 6) is -0.128. The van der Waals surface area contributed by atoms with Crippen molar-refractivity contribution in [2.45, 2.75) is 124 Å². The molecule has 0 amide bonds. The van der Waals surface area contributed by atoms with Crippen molar-refractivity contribution >= 4 is 18.0 Å². The first-order valence-corrected chi connectivity index (χ1v) is 15.9. The number of phenols is 1. The lowest BCUT2D eigenvalue weighted by Gasteiger charge is -2.15. The van der Waals surface area contributed by atoms with E-state index in [0.717, 1.165) is 56.1 Å². The van der Waals surface area contributed by atoms with Gasteiger partial charge in [-0.15, -0.1) is 0 Å². The van der Waals surface area contributed by atoms with Gasteiger partial charge in [0.05, 0.1) is 12.7 Å². The summed E-state index contributed by atoms with van der Waals surface area (Å²) in [7, 11) is 1.48. The molecule has 1 N–H and O–H groups in total. The molecule has 0 aromatic heterocycles. The van der Waals surface area contributed by atoms with E-state index in [0.29, 0.717) is 29.6 Å². The predicted octanol–water partition coefficient (Wildman–Crippen LogP) is 9.48. The Morgan fingerprint density at radius 3 is 2.19 bits per heavy atom. The number of methoxy groups -OCH3 is 1. The van der Waals surface area contributed by atoms with E-state index < -0.39 is 0 Å². The lowest BCUT2D eigenvalue weighted by atomic mass is 9.98. The smallest absolute Gasteiger partial charge is 0.306 e. The SMILES string of the molecule is CCCCC/C=C/C/C=C/CCCCCCCC(=O)OCc1cc(OC)c(C/C=C(\C)CC(=O)C=C(C)C)c(O)c1C=O. The van der Waals surface area contributed by atoms with Gasteiger partial charge in [0, 0.05) is 24.0 Å². The molecule has 0 saturated carbocycles. The fourth-order valence-electron chi connectivity index (χ4n) is 4.69. The van der Waals surface area contributed by atoms with Gasteiger partial charge in [0.2, 0.25) is 0 Å². The number of esters is 1. The summed E-state index contributed by atoms with van der Waals surface area (Å²) in [6, 6.07) is 1.63. The zero-order valence-electron chi connectivity index (χ0n) is 27.2. The highest BCUT2D eigenvalue weighted by atomic mass is 16.5. The Hall–Kier alpha value is -3.41. The van der Waals surface area contributed by atoms with Crippen molar-refractivity contribution < 1.29 is 29.0 Å². The van der Waals surface area contributed by atoms with Gasteiger partial charge in [0.15, 0.2) is 12.1 Å². The molecule has 1 aromatic carbocycles. The number of ketones is 1. The van der Waals surface area contributed by atoms with E-state index in [9.17, 15) is 19.5 Å². The lowest BCUT2D eigenvalue weighted by molar-refractivity contribution is -0.145. The number of allylic oxidation sites excluding steroid dienone is 8. The molecule has 0 atom stereocenters. The molecule has 0 heterocycles. The number of aldehydes is 1. The summed E-state index contributed by atoms with van der Waals surface area (Å²) in [5, 5.41) is 10.8. The van der Waals surface area contributed by atoms with Gasteiger partial charge in [-0.2, -0.15) is 0 Å². The summed E-state index contributed by atoms with van der Waals surface area (Å²) in [5.41, 5.74) is 2.70. The molecule has 238 valence electrons. The van der Waals surface area contributed by atoms with Crippen LogP contribution >= 0.6 is 0 Å². The minimum absolute atomic E-state index is 0.00972. The van der Waals surface area contributed by atoms with Crippen LogP contribution in [0, 0.1) is 0 Å². The number of carbonyl (C=O) groups excluding carboxylic acids is 3. The number of benzene rings is 1. The van der Waals surface area contributed by atoms with Gasteiger partial charge >= 0.3 is 5.97 Å². The second-order valence-electron chi connectivity index (χ2n) is 11.4. The van der Waals surface area contributed by atoms with Crippen LogP contribution in [-0.2, 0) is 27.4 Å². The Labute approximate surface area is 259 Å². The Balaban J connectivity index is 2.46. The quantitative estimate of drug-likeness (QED) is 0.0446. The molecular weight excluding hydrogens is 540 g/mol. The van der Waals surface area contributed by atoms with Crippen molar-refractivity contribution in [1.82, 2.24) is 0 Å².